The molecule has 0 spiro atoms. The molecule has 0 unspecified atom stereocenters. The summed E-state index contributed by atoms with van der Waals surface area (Å²) in [6.07, 6.45) is 0. The minimum Gasteiger partial charge on any atom is -0.889 e. The van der Waals surface area contributed by atoms with Crippen LogP contribution < -0.4 is 15.5 Å². The monoisotopic (exact) mass is 204 g/mol. The third kappa shape index (κ3) is 3.08. The second-order valence-electron chi connectivity index (χ2n) is 4.57. The van der Waals surface area contributed by atoms with E-state index in [4.69, 9.17) is 0 Å². The molecule has 82 valence electrons. The van der Waals surface area contributed by atoms with Gasteiger partial charge in [0.25, 0.3) is 0 Å². The van der Waals surface area contributed by atoms with Crippen LogP contribution in [0.3, 0.4) is 0 Å². The van der Waals surface area contributed by atoms with E-state index in [-0.39, 0.29) is 0 Å². The van der Waals surface area contributed by atoms with Gasteiger partial charge in [-0.1, -0.05) is 53.0 Å². The molecule has 2 nitrogen and oxygen atoms in total. The molecule has 0 fully saturated rings. The second-order valence-corrected chi connectivity index (χ2v) is 4.57. The Morgan fingerprint density at radius 3 is 1.53 bits per heavy atom. The van der Waals surface area contributed by atoms with Crippen LogP contribution in [0, 0.1) is 0 Å². The van der Waals surface area contributed by atoms with Crippen LogP contribution in [0.1, 0.15) is 50.7 Å². The van der Waals surface area contributed by atoms with Crippen LogP contribution in [0.15, 0.2) is 18.2 Å². The molecule has 3 heteroatoms. The van der Waals surface area contributed by atoms with Gasteiger partial charge < -0.3 is 10.0 Å². The summed E-state index contributed by atoms with van der Waals surface area (Å²) >= 11 is 0. The predicted molar refractivity (Wildman–Crippen MR) is 60.0 cm³/mol. The molecule has 1 aromatic rings. The van der Waals surface area contributed by atoms with Crippen LogP contribution in [0.5, 0.6) is 0 Å². The van der Waals surface area contributed by atoms with Gasteiger partial charge in [0, 0.05) is 0 Å². The van der Waals surface area contributed by atoms with Gasteiger partial charge in [0.15, 0.2) is 0 Å². The molecule has 0 amide bonds. The smallest absolute Gasteiger partial charge is 0.0219 e. The molecule has 15 heavy (non-hydrogen) atoms. The molecule has 0 aliphatic carbocycles. The van der Waals surface area contributed by atoms with Gasteiger partial charge in [-0.25, -0.2) is 0 Å². The fraction of sp³-hybridized carbons (Fsp3) is 0.500. The van der Waals surface area contributed by atoms with Crippen molar-refractivity contribution in [2.45, 2.75) is 39.5 Å². The first-order valence-corrected chi connectivity index (χ1v) is 5.38. The van der Waals surface area contributed by atoms with Crippen molar-refractivity contribution in [1.29, 1.82) is 0 Å². The van der Waals surface area contributed by atoms with Gasteiger partial charge in [0.05, 0.1) is 0 Å². The highest BCUT2D eigenvalue weighted by molar-refractivity contribution is 6.55. The molecular weight excluding hydrogens is 187 g/mol. The fourth-order valence-electron chi connectivity index (χ4n) is 1.51. The minimum atomic E-state index is -1.87. The molecule has 0 saturated heterocycles. The number of hydrogen-bond donors (Lipinski definition) is 0. The fourth-order valence-corrected chi connectivity index (χ4v) is 1.51. The Morgan fingerprint density at radius 2 is 1.27 bits per heavy atom. The van der Waals surface area contributed by atoms with Crippen molar-refractivity contribution >= 4 is 12.6 Å². The molecule has 0 radical (unpaired) electrons. The Morgan fingerprint density at radius 1 is 0.867 bits per heavy atom. The van der Waals surface area contributed by atoms with E-state index in [0.29, 0.717) is 17.3 Å². The summed E-state index contributed by atoms with van der Waals surface area (Å²) in [5, 5.41) is 21.8. The van der Waals surface area contributed by atoms with Crippen LogP contribution in [-0.2, 0) is 0 Å². The summed E-state index contributed by atoms with van der Waals surface area (Å²) in [6.45, 7) is 8.25. The number of rotatable bonds is 3. The maximum Gasteiger partial charge on any atom is -0.0219 e. The maximum absolute atomic E-state index is 10.9. The van der Waals surface area contributed by atoms with E-state index >= 15 is 0 Å². The zero-order valence-electron chi connectivity index (χ0n) is 9.78. The topological polar surface area (TPSA) is 46.1 Å². The summed E-state index contributed by atoms with van der Waals surface area (Å²) in [7, 11) is -1.87. The van der Waals surface area contributed by atoms with Crippen molar-refractivity contribution < 1.29 is 10.0 Å². The first-order chi connectivity index (χ1) is 6.91. The molecule has 0 aromatic heterocycles. The molecule has 0 atom stereocenters. The number of benzene rings is 1. The van der Waals surface area contributed by atoms with Crippen molar-refractivity contribution in [3.63, 3.8) is 0 Å². The van der Waals surface area contributed by atoms with E-state index in [1.807, 2.05) is 0 Å². The Hall–Kier alpha value is -0.795. The normalized spacial score (nSPS) is 11.2. The van der Waals surface area contributed by atoms with E-state index in [1.54, 1.807) is 12.1 Å². The first-order valence-electron chi connectivity index (χ1n) is 5.38. The Kier molecular flexibility index (Phi) is 3.94. The average Bonchev–Trinajstić information content (AvgIpc) is 2.16. The van der Waals surface area contributed by atoms with Crippen molar-refractivity contribution in [3.05, 3.63) is 29.3 Å². The van der Waals surface area contributed by atoms with E-state index in [1.165, 1.54) is 0 Å². The highest BCUT2D eigenvalue weighted by atomic mass is 16.4. The van der Waals surface area contributed by atoms with E-state index in [9.17, 15) is 10.0 Å². The molecule has 0 N–H and O–H groups in total. The molecule has 0 aliphatic heterocycles. The van der Waals surface area contributed by atoms with Crippen molar-refractivity contribution in [3.8, 4) is 0 Å². The third-order valence-corrected chi connectivity index (χ3v) is 2.61. The molecule has 1 rings (SSSR count). The lowest BCUT2D eigenvalue weighted by atomic mass is 9.76. The van der Waals surface area contributed by atoms with Crippen molar-refractivity contribution in [2.75, 3.05) is 0 Å². The van der Waals surface area contributed by atoms with Gasteiger partial charge in [0.1, 0.15) is 0 Å². The lowest BCUT2D eigenvalue weighted by Gasteiger charge is -2.29. The van der Waals surface area contributed by atoms with Gasteiger partial charge in [-0.2, -0.15) is 0 Å². The summed E-state index contributed by atoms with van der Waals surface area (Å²) in [5.74, 6) is 0.697. The molecule has 0 aliphatic rings. The average molecular weight is 204 g/mol. The largest absolute Gasteiger partial charge is 0.889 e. The maximum atomic E-state index is 10.9. The Balaban J connectivity index is 3.20. The first kappa shape index (κ1) is 12.3. The molecular formula is C12H17BO2-2. The highest BCUT2D eigenvalue weighted by Gasteiger charge is 2.05. The summed E-state index contributed by atoms with van der Waals surface area (Å²) < 4.78 is 0. The van der Waals surface area contributed by atoms with E-state index in [0.717, 1.165) is 11.1 Å². The van der Waals surface area contributed by atoms with Crippen molar-refractivity contribution in [2.24, 2.45) is 0 Å². The van der Waals surface area contributed by atoms with E-state index in [2.05, 4.69) is 33.8 Å². The second kappa shape index (κ2) is 4.82. The summed E-state index contributed by atoms with van der Waals surface area (Å²) in [4.78, 5) is 0. The van der Waals surface area contributed by atoms with Crippen LogP contribution in [-0.4, -0.2) is 7.12 Å². The summed E-state index contributed by atoms with van der Waals surface area (Å²) in [5.41, 5.74) is 2.52. The minimum absolute atomic E-state index is 0.348. The lowest BCUT2D eigenvalue weighted by molar-refractivity contribution is -0.341. The Labute approximate surface area is 92.1 Å². The molecule has 1 aromatic carbocycles. The lowest BCUT2D eigenvalue weighted by Crippen LogP contribution is -2.55. The predicted octanol–water partition coefficient (Wildman–Crippen LogP) is 0.349. The van der Waals surface area contributed by atoms with Gasteiger partial charge in [0.2, 0.25) is 0 Å². The summed E-state index contributed by atoms with van der Waals surface area (Å²) in [6, 6.07) is 5.56. The van der Waals surface area contributed by atoms with Crippen LogP contribution >= 0.6 is 0 Å². The quantitative estimate of drug-likeness (QED) is 0.667. The number of hydrogen-bond acceptors (Lipinski definition) is 2. The van der Waals surface area contributed by atoms with Crippen LogP contribution in [0.2, 0.25) is 0 Å². The third-order valence-electron chi connectivity index (χ3n) is 2.61. The van der Waals surface area contributed by atoms with Gasteiger partial charge in [-0.3, -0.25) is 0 Å². The van der Waals surface area contributed by atoms with Crippen molar-refractivity contribution in [1.82, 2.24) is 0 Å². The van der Waals surface area contributed by atoms with Gasteiger partial charge in [-0.15, -0.1) is 5.46 Å². The SMILES string of the molecule is CC(C)c1cc(B([O-])[O-])cc(C(C)C)c1. The molecule has 0 bridgehead atoms. The van der Waals surface area contributed by atoms with Gasteiger partial charge in [-0.05, 0) is 23.0 Å². The van der Waals surface area contributed by atoms with Crippen LogP contribution in [0.4, 0.5) is 0 Å². The molecule has 0 heterocycles. The highest BCUT2D eigenvalue weighted by Crippen LogP contribution is 2.19. The molecule has 0 saturated carbocycles. The zero-order valence-corrected chi connectivity index (χ0v) is 9.78. The van der Waals surface area contributed by atoms with Crippen LogP contribution in [0.25, 0.3) is 0 Å². The zero-order chi connectivity index (χ0) is 11.6. The Bertz CT molecular complexity index is 268. The standard InChI is InChI=1S/C12H17BO2/c1-8(2)10-5-11(9(3)4)7-12(6-10)13(14)15/h5-9H,1-4H3/q-2. The van der Waals surface area contributed by atoms with Gasteiger partial charge >= 0.3 is 0 Å². The van der Waals surface area contributed by atoms with E-state index < -0.39 is 7.12 Å².